The molecule has 0 saturated carbocycles. The summed E-state index contributed by atoms with van der Waals surface area (Å²) in [7, 11) is 1.77. The zero-order valence-electron chi connectivity index (χ0n) is 14.1. The third-order valence-corrected chi connectivity index (χ3v) is 4.43. The molecular weight excluding hydrogens is 346 g/mol. The van der Waals surface area contributed by atoms with Crippen LogP contribution in [0, 0.1) is 0 Å². The highest BCUT2D eigenvalue weighted by atomic mass is 35.5. The van der Waals surface area contributed by atoms with Crippen LogP contribution >= 0.6 is 11.6 Å². The second-order valence-electron chi connectivity index (χ2n) is 5.80. The lowest BCUT2D eigenvalue weighted by molar-refractivity contribution is 1.20. The molecule has 6 heteroatoms. The molecule has 0 bridgehead atoms. The number of pyridine rings is 1. The largest absolute Gasteiger partial charge is 0.381 e. The van der Waals surface area contributed by atoms with Gasteiger partial charge in [0.15, 0.2) is 11.6 Å². The van der Waals surface area contributed by atoms with Crippen LogP contribution in [-0.4, -0.2) is 22.0 Å². The molecule has 3 N–H and O–H groups in total. The monoisotopic (exact) mass is 361 g/mol. The van der Waals surface area contributed by atoms with E-state index in [0.717, 1.165) is 22.0 Å². The van der Waals surface area contributed by atoms with Gasteiger partial charge >= 0.3 is 0 Å². The van der Waals surface area contributed by atoms with Gasteiger partial charge in [0.2, 0.25) is 0 Å². The van der Waals surface area contributed by atoms with E-state index in [2.05, 4.69) is 15.3 Å². The minimum absolute atomic E-state index is 0.351. The zero-order chi connectivity index (χ0) is 18.1. The van der Waals surface area contributed by atoms with Crippen molar-refractivity contribution >= 4 is 34.1 Å². The Morgan fingerprint density at radius 2 is 1.69 bits per heavy atom. The Bertz CT molecular complexity index is 1100. The highest BCUT2D eigenvalue weighted by Gasteiger charge is 2.16. The SMILES string of the molecule is CNc1nc(-c2cc(Cl)c3ncccc3c2)c(-c2ccccc2)nc1N. The lowest BCUT2D eigenvalue weighted by Gasteiger charge is -2.13. The number of nitrogen functional groups attached to an aromatic ring is 1. The predicted octanol–water partition coefficient (Wildman–Crippen LogP) is 4.64. The maximum atomic E-state index is 6.46. The Morgan fingerprint density at radius 3 is 2.46 bits per heavy atom. The zero-order valence-corrected chi connectivity index (χ0v) is 14.8. The third kappa shape index (κ3) is 2.82. The molecule has 0 atom stereocenters. The molecule has 0 aliphatic heterocycles. The molecule has 0 unspecified atom stereocenters. The first-order valence-corrected chi connectivity index (χ1v) is 8.50. The maximum Gasteiger partial charge on any atom is 0.169 e. The smallest absolute Gasteiger partial charge is 0.169 e. The van der Waals surface area contributed by atoms with E-state index < -0.39 is 0 Å². The second-order valence-corrected chi connectivity index (χ2v) is 6.21. The van der Waals surface area contributed by atoms with Crippen molar-refractivity contribution in [2.24, 2.45) is 0 Å². The average Bonchev–Trinajstić information content (AvgIpc) is 2.68. The molecule has 5 nitrogen and oxygen atoms in total. The number of hydrogen-bond acceptors (Lipinski definition) is 5. The number of fused-ring (bicyclic) bond motifs is 1. The van der Waals surface area contributed by atoms with Crippen molar-refractivity contribution in [1.82, 2.24) is 15.0 Å². The van der Waals surface area contributed by atoms with Crippen LogP contribution in [-0.2, 0) is 0 Å². The molecule has 4 aromatic rings. The Morgan fingerprint density at radius 1 is 0.923 bits per heavy atom. The highest BCUT2D eigenvalue weighted by Crippen LogP contribution is 2.35. The molecule has 2 aromatic carbocycles. The quantitative estimate of drug-likeness (QED) is 0.556. The summed E-state index contributed by atoms with van der Waals surface area (Å²) in [6, 6.07) is 17.6. The van der Waals surface area contributed by atoms with Gasteiger partial charge in [-0.1, -0.05) is 48.0 Å². The molecule has 2 aromatic heterocycles. The van der Waals surface area contributed by atoms with Gasteiger partial charge in [0.05, 0.1) is 21.9 Å². The molecule has 0 amide bonds. The Kier molecular flexibility index (Phi) is 4.14. The van der Waals surface area contributed by atoms with Crippen LogP contribution in [0.1, 0.15) is 0 Å². The average molecular weight is 362 g/mol. The van der Waals surface area contributed by atoms with Crippen LogP contribution < -0.4 is 11.1 Å². The number of aromatic nitrogens is 3. The normalized spacial score (nSPS) is 10.8. The fraction of sp³-hybridized carbons (Fsp3) is 0.0500. The number of nitrogens with one attached hydrogen (secondary N) is 1. The number of nitrogens with zero attached hydrogens (tertiary/aromatic N) is 3. The second kappa shape index (κ2) is 6.61. The van der Waals surface area contributed by atoms with E-state index >= 15 is 0 Å². The number of anilines is 2. The van der Waals surface area contributed by atoms with E-state index in [9.17, 15) is 0 Å². The molecule has 26 heavy (non-hydrogen) atoms. The lowest BCUT2D eigenvalue weighted by Crippen LogP contribution is -2.05. The van der Waals surface area contributed by atoms with E-state index in [-0.39, 0.29) is 0 Å². The first-order valence-electron chi connectivity index (χ1n) is 8.12. The fourth-order valence-electron chi connectivity index (χ4n) is 2.92. The molecule has 0 aliphatic rings. The van der Waals surface area contributed by atoms with Crippen LogP contribution in [0.2, 0.25) is 5.02 Å². The molecule has 0 radical (unpaired) electrons. The van der Waals surface area contributed by atoms with Crippen molar-refractivity contribution in [1.29, 1.82) is 0 Å². The summed E-state index contributed by atoms with van der Waals surface area (Å²) in [6.07, 6.45) is 1.73. The number of benzene rings is 2. The highest BCUT2D eigenvalue weighted by molar-refractivity contribution is 6.35. The summed E-state index contributed by atoms with van der Waals surface area (Å²) in [6.45, 7) is 0. The minimum atomic E-state index is 0.351. The van der Waals surface area contributed by atoms with Crippen molar-refractivity contribution in [2.45, 2.75) is 0 Å². The van der Waals surface area contributed by atoms with Crippen LogP contribution in [0.3, 0.4) is 0 Å². The van der Waals surface area contributed by atoms with Crippen molar-refractivity contribution in [2.75, 3.05) is 18.1 Å². The first-order chi connectivity index (χ1) is 12.7. The minimum Gasteiger partial charge on any atom is -0.381 e. The molecule has 0 saturated heterocycles. The van der Waals surface area contributed by atoms with E-state index in [4.69, 9.17) is 22.3 Å². The summed E-state index contributed by atoms with van der Waals surface area (Å²) < 4.78 is 0. The van der Waals surface area contributed by atoms with E-state index in [1.54, 1.807) is 13.2 Å². The molecule has 0 fully saturated rings. The van der Waals surface area contributed by atoms with Gasteiger partial charge in [-0.05, 0) is 18.2 Å². The standard InChI is InChI=1S/C20H16ClN5/c1-23-20-19(22)25-17(12-6-3-2-4-7-12)18(26-20)14-10-13-8-5-9-24-16(13)15(21)11-14/h2-11H,1H3,(H2,22,25)(H,23,26). The maximum absolute atomic E-state index is 6.46. The van der Waals surface area contributed by atoms with E-state index in [1.165, 1.54) is 0 Å². The van der Waals surface area contributed by atoms with Crippen molar-refractivity contribution in [3.8, 4) is 22.5 Å². The lowest BCUT2D eigenvalue weighted by atomic mass is 10.0. The van der Waals surface area contributed by atoms with E-state index in [1.807, 2.05) is 54.6 Å². The van der Waals surface area contributed by atoms with Gasteiger partial charge in [-0.15, -0.1) is 0 Å². The number of halogens is 1. The molecular formula is C20H16ClN5. The summed E-state index contributed by atoms with van der Waals surface area (Å²) in [4.78, 5) is 13.6. The van der Waals surface area contributed by atoms with Gasteiger partial charge in [0.1, 0.15) is 0 Å². The topological polar surface area (TPSA) is 76.7 Å². The van der Waals surface area contributed by atoms with Crippen molar-refractivity contribution in [3.05, 3.63) is 65.8 Å². The number of nitrogens with two attached hydrogens (primary N) is 1. The number of hydrogen-bond donors (Lipinski definition) is 2. The summed E-state index contributed by atoms with van der Waals surface area (Å²) in [5.41, 5.74) is 10.0. The Hall–Kier alpha value is -3.18. The van der Waals surface area contributed by atoms with Crippen LogP contribution in [0.5, 0.6) is 0 Å². The summed E-state index contributed by atoms with van der Waals surface area (Å²) in [5, 5.41) is 4.51. The fourth-order valence-corrected chi connectivity index (χ4v) is 3.19. The molecule has 2 heterocycles. The van der Waals surface area contributed by atoms with Crippen molar-refractivity contribution < 1.29 is 0 Å². The van der Waals surface area contributed by atoms with Crippen LogP contribution in [0.15, 0.2) is 60.8 Å². The van der Waals surface area contributed by atoms with Crippen LogP contribution in [0.4, 0.5) is 11.6 Å². The predicted molar refractivity (Wildman–Crippen MR) is 107 cm³/mol. The van der Waals surface area contributed by atoms with Gasteiger partial charge in [-0.25, -0.2) is 9.97 Å². The van der Waals surface area contributed by atoms with E-state index in [0.29, 0.717) is 28.0 Å². The van der Waals surface area contributed by atoms with Gasteiger partial charge in [-0.3, -0.25) is 4.98 Å². The molecule has 4 rings (SSSR count). The molecule has 128 valence electrons. The van der Waals surface area contributed by atoms with Crippen LogP contribution in [0.25, 0.3) is 33.4 Å². The Labute approximate surface area is 155 Å². The molecule has 0 spiro atoms. The molecule has 0 aliphatic carbocycles. The Balaban J connectivity index is 2.01. The summed E-state index contributed by atoms with van der Waals surface area (Å²) >= 11 is 6.46. The first kappa shape index (κ1) is 16.3. The summed E-state index contributed by atoms with van der Waals surface area (Å²) in [5.74, 6) is 0.880. The third-order valence-electron chi connectivity index (χ3n) is 4.14. The van der Waals surface area contributed by atoms with Gasteiger partial charge in [-0.2, -0.15) is 0 Å². The van der Waals surface area contributed by atoms with Gasteiger partial charge < -0.3 is 11.1 Å². The van der Waals surface area contributed by atoms with Gasteiger partial charge in [0.25, 0.3) is 0 Å². The van der Waals surface area contributed by atoms with Gasteiger partial charge in [0, 0.05) is 29.8 Å². The number of rotatable bonds is 3. The van der Waals surface area contributed by atoms with Crippen molar-refractivity contribution in [3.63, 3.8) is 0 Å².